The van der Waals surface area contributed by atoms with Crippen molar-refractivity contribution >= 4 is 33.1 Å². The van der Waals surface area contributed by atoms with E-state index in [1.807, 2.05) is 6.07 Å². The molecule has 28 heavy (non-hydrogen) atoms. The van der Waals surface area contributed by atoms with Crippen LogP contribution in [-0.2, 0) is 37.0 Å². The normalized spacial score (nSPS) is 15.4. The van der Waals surface area contributed by atoms with Crippen molar-refractivity contribution in [3.63, 3.8) is 0 Å². The third-order valence-corrected chi connectivity index (χ3v) is 7.10. The van der Waals surface area contributed by atoms with Gasteiger partial charge in [0, 0.05) is 23.5 Å². The van der Waals surface area contributed by atoms with Crippen molar-refractivity contribution in [2.75, 3.05) is 5.32 Å². The predicted molar refractivity (Wildman–Crippen MR) is 112 cm³/mol. The minimum atomic E-state index is -0.0720. The van der Waals surface area contributed by atoms with E-state index in [9.17, 15) is 9.59 Å². The fraction of sp³-hybridized carbons (Fsp3) is 0.409. The van der Waals surface area contributed by atoms with Crippen LogP contribution in [0, 0.1) is 0 Å². The van der Waals surface area contributed by atoms with Gasteiger partial charge in [0.1, 0.15) is 4.83 Å². The van der Waals surface area contributed by atoms with Crippen molar-refractivity contribution in [3.05, 3.63) is 56.4 Å². The molecule has 6 heteroatoms. The summed E-state index contributed by atoms with van der Waals surface area (Å²) in [7, 11) is 0. The molecule has 0 spiro atoms. The van der Waals surface area contributed by atoms with Crippen LogP contribution in [0.15, 0.2) is 29.3 Å². The molecule has 0 atom stereocenters. The summed E-state index contributed by atoms with van der Waals surface area (Å²) in [5.41, 5.74) is 4.77. The number of thiophene rings is 1. The van der Waals surface area contributed by atoms with E-state index >= 15 is 0 Å². The number of aryl methyl sites for hydroxylation is 5. The van der Waals surface area contributed by atoms with Crippen LogP contribution in [0.5, 0.6) is 0 Å². The minimum absolute atomic E-state index is 0.00488. The molecule has 0 fully saturated rings. The first-order valence-corrected chi connectivity index (χ1v) is 10.9. The predicted octanol–water partition coefficient (Wildman–Crippen LogP) is 3.85. The monoisotopic (exact) mass is 393 g/mol. The van der Waals surface area contributed by atoms with Gasteiger partial charge in [0.2, 0.25) is 5.91 Å². The Morgan fingerprint density at radius 2 is 1.96 bits per heavy atom. The van der Waals surface area contributed by atoms with Crippen LogP contribution in [0.2, 0.25) is 0 Å². The quantitative estimate of drug-likeness (QED) is 0.732. The number of aromatic nitrogens is 2. The lowest BCUT2D eigenvalue weighted by atomic mass is 9.97. The van der Waals surface area contributed by atoms with E-state index in [4.69, 9.17) is 0 Å². The minimum Gasteiger partial charge on any atom is -0.326 e. The van der Waals surface area contributed by atoms with Crippen molar-refractivity contribution in [3.8, 4) is 0 Å². The van der Waals surface area contributed by atoms with Gasteiger partial charge in [0.15, 0.2) is 0 Å². The van der Waals surface area contributed by atoms with Gasteiger partial charge in [-0.2, -0.15) is 0 Å². The van der Waals surface area contributed by atoms with Crippen LogP contribution in [0.3, 0.4) is 0 Å². The first-order chi connectivity index (χ1) is 13.7. The zero-order valence-electron chi connectivity index (χ0n) is 15.8. The van der Waals surface area contributed by atoms with Gasteiger partial charge in [-0.25, -0.2) is 4.98 Å². The molecule has 0 saturated heterocycles. The number of carbonyl (C=O) groups excluding carboxylic acids is 1. The number of hydrogen-bond acceptors (Lipinski definition) is 4. The summed E-state index contributed by atoms with van der Waals surface area (Å²) in [6, 6.07) is 6.16. The number of nitrogens with zero attached hydrogens (tertiary/aromatic N) is 2. The molecule has 2 aromatic heterocycles. The van der Waals surface area contributed by atoms with Crippen molar-refractivity contribution < 1.29 is 4.79 Å². The number of fused-ring (bicyclic) bond motifs is 4. The molecule has 0 bridgehead atoms. The molecule has 1 amide bonds. The molecule has 0 unspecified atom stereocenters. The lowest BCUT2D eigenvalue weighted by molar-refractivity contribution is -0.116. The van der Waals surface area contributed by atoms with Crippen molar-refractivity contribution in [2.45, 2.75) is 57.9 Å². The number of amides is 1. The molecule has 0 saturated carbocycles. The van der Waals surface area contributed by atoms with Gasteiger partial charge < -0.3 is 5.32 Å². The molecule has 1 aromatic carbocycles. The molecule has 2 aliphatic rings. The Kier molecular flexibility index (Phi) is 4.51. The van der Waals surface area contributed by atoms with Gasteiger partial charge in [-0.1, -0.05) is 6.07 Å². The molecule has 144 valence electrons. The van der Waals surface area contributed by atoms with E-state index in [1.54, 1.807) is 22.2 Å². The van der Waals surface area contributed by atoms with Crippen molar-refractivity contribution in [1.82, 2.24) is 9.55 Å². The van der Waals surface area contributed by atoms with Crippen LogP contribution in [0.4, 0.5) is 5.69 Å². The highest BCUT2D eigenvalue weighted by atomic mass is 32.1. The molecule has 0 aliphatic heterocycles. The van der Waals surface area contributed by atoms with E-state index in [-0.39, 0.29) is 17.9 Å². The Morgan fingerprint density at radius 3 is 2.89 bits per heavy atom. The third-order valence-electron chi connectivity index (χ3n) is 5.90. The van der Waals surface area contributed by atoms with E-state index < -0.39 is 0 Å². The fourth-order valence-corrected chi connectivity index (χ4v) is 5.66. The fourth-order valence-electron chi connectivity index (χ4n) is 4.44. The first kappa shape index (κ1) is 17.6. The standard InChI is InChI=1S/C22H23N3O2S/c26-19(24-16-9-8-14-4-3-5-15(14)12-16)10-11-25-13-23-21-20(22(25)27)17-6-1-2-7-18(17)28-21/h8-9,12-13H,1-7,10-11H2,(H,24,26). The summed E-state index contributed by atoms with van der Waals surface area (Å²) in [6.45, 7) is 0.350. The zero-order valence-corrected chi connectivity index (χ0v) is 16.6. The number of anilines is 1. The third kappa shape index (κ3) is 3.15. The average Bonchev–Trinajstić information content (AvgIpc) is 3.31. The Morgan fingerprint density at radius 1 is 1.11 bits per heavy atom. The number of benzene rings is 1. The average molecular weight is 394 g/mol. The summed E-state index contributed by atoms with van der Waals surface area (Å²) in [5, 5.41) is 3.75. The SMILES string of the molecule is O=C(CCn1cnc2sc3c(c2c1=O)CCCC3)Nc1ccc2c(c1)CCC2. The van der Waals surface area contributed by atoms with Gasteiger partial charge in [0.05, 0.1) is 11.7 Å². The van der Waals surface area contributed by atoms with E-state index in [1.165, 1.54) is 34.4 Å². The number of hydrogen-bond donors (Lipinski definition) is 1. The van der Waals surface area contributed by atoms with Gasteiger partial charge >= 0.3 is 0 Å². The lowest BCUT2D eigenvalue weighted by Gasteiger charge is -2.11. The Balaban J connectivity index is 1.31. The molecule has 2 aliphatic carbocycles. The van der Waals surface area contributed by atoms with Crippen LogP contribution >= 0.6 is 11.3 Å². The molecule has 5 nitrogen and oxygen atoms in total. The maximum Gasteiger partial charge on any atom is 0.262 e. The summed E-state index contributed by atoms with van der Waals surface area (Å²) in [6.07, 6.45) is 9.61. The van der Waals surface area contributed by atoms with Gasteiger partial charge in [0.25, 0.3) is 5.56 Å². The lowest BCUT2D eigenvalue weighted by Crippen LogP contribution is -2.24. The molecule has 1 N–H and O–H groups in total. The largest absolute Gasteiger partial charge is 0.326 e. The molecular weight excluding hydrogens is 370 g/mol. The number of carbonyl (C=O) groups is 1. The van der Waals surface area contributed by atoms with Crippen LogP contribution in [-0.4, -0.2) is 15.5 Å². The maximum atomic E-state index is 13.0. The van der Waals surface area contributed by atoms with Gasteiger partial charge in [-0.15, -0.1) is 11.3 Å². The van der Waals surface area contributed by atoms with Crippen LogP contribution in [0.1, 0.15) is 47.3 Å². The Hall–Kier alpha value is -2.47. The number of rotatable bonds is 4. The second kappa shape index (κ2) is 7.17. The topological polar surface area (TPSA) is 64.0 Å². The smallest absolute Gasteiger partial charge is 0.262 e. The van der Waals surface area contributed by atoms with E-state index in [2.05, 4.69) is 22.4 Å². The summed E-state index contributed by atoms with van der Waals surface area (Å²) >= 11 is 1.65. The summed E-state index contributed by atoms with van der Waals surface area (Å²) < 4.78 is 1.59. The van der Waals surface area contributed by atoms with Gasteiger partial charge in [-0.05, 0) is 73.8 Å². The van der Waals surface area contributed by atoms with Gasteiger partial charge in [-0.3, -0.25) is 14.2 Å². The van der Waals surface area contributed by atoms with E-state index in [0.717, 1.165) is 48.0 Å². The summed E-state index contributed by atoms with van der Waals surface area (Å²) in [4.78, 5) is 32.0. The van der Waals surface area contributed by atoms with Crippen LogP contribution < -0.4 is 10.9 Å². The molecule has 5 rings (SSSR count). The molecule has 0 radical (unpaired) electrons. The van der Waals surface area contributed by atoms with E-state index in [0.29, 0.717) is 6.54 Å². The summed E-state index contributed by atoms with van der Waals surface area (Å²) in [5.74, 6) is -0.0720. The van der Waals surface area contributed by atoms with Crippen molar-refractivity contribution in [1.29, 1.82) is 0 Å². The second-order valence-electron chi connectivity index (χ2n) is 7.77. The highest BCUT2D eigenvalue weighted by molar-refractivity contribution is 7.18. The van der Waals surface area contributed by atoms with Crippen LogP contribution in [0.25, 0.3) is 10.2 Å². The number of nitrogens with one attached hydrogen (secondary N) is 1. The Labute approximate surface area is 167 Å². The second-order valence-corrected chi connectivity index (χ2v) is 8.85. The maximum absolute atomic E-state index is 13.0. The molecular formula is C22H23N3O2S. The zero-order chi connectivity index (χ0) is 19.1. The molecule has 3 aromatic rings. The highest BCUT2D eigenvalue weighted by Gasteiger charge is 2.20. The Bertz CT molecular complexity index is 1130. The highest BCUT2D eigenvalue weighted by Crippen LogP contribution is 2.33. The first-order valence-electron chi connectivity index (χ1n) is 10.1. The molecule has 2 heterocycles. The van der Waals surface area contributed by atoms with Crippen molar-refractivity contribution in [2.24, 2.45) is 0 Å².